The van der Waals surface area contributed by atoms with Gasteiger partial charge in [-0.25, -0.2) is 0 Å². The monoisotopic (exact) mass is 2380 g/mol. The SMILES string of the molecule is Cc1cc(-c2[c-]cccc2)ncc1-c1ccccc1.Cc1ccc(-c2[c-]cccc2)nc1.Cc1cccc(-c2[c-]cccc2)n1.[2H]c1[c-]c(-c2nc([2H])c(-c3c([2H])c([2H])c([2H])c([2H])c3[2H])c([2H])c2[2H])c([2H])c(C)c1[2H].[2H]c1[c-]c(-c2nc([2H])c([2H])c([2H])c2[2H])c([2H])c([2H])c1[2H].[Ir].[Ir].[Ir].[Ir].[c-]1ccccc1-c1ccc(-c2ccccc2)cn1.[c-]1ccccc1-c1ccc(-c2ccccc2)cn1.[c-]1ccccc1-c1ccccn1. The Hall–Kier alpha value is -13.6. The van der Waals surface area contributed by atoms with Crippen molar-refractivity contribution in [2.24, 2.45) is 0 Å². The minimum Gasteiger partial charge on any atom is -0.305 e. The second-order valence-corrected chi connectivity index (χ2v) is 26.7. The standard InChI is InChI=1S/2C18H14N.2C17H12N.2C12H10N.2C11H8N.4Ir/c1-14-12-18(16-10-6-3-7-11-16)19-13-17(14)15-8-4-2-5-9-15;1-14-6-5-9-16(12-14)18-11-10-17(13-19-18)15-7-3-2-4-8-15;2*1-3-7-14(8-4-1)16-11-12-17(18-13-16)15-9-5-2-6-10-15;1-10-6-5-9-12(13-10)11-7-3-2-4-8-11;1-10-7-8-12(13-9-10)11-5-3-2-4-6-11;2*1-2-6-10(7-3-1)11-8-4-5-9-12-11;;;;/h2-10,12-13H,1H3;2-8,10-13H,1H3;2*1-9,11-13H;2-7,9H,1H3;2-5,7-9H,1H3;2*1-6,8-9H;;;;/q8*-1;;;;/i;2D,3D,4D,5D,6D,7D,8D,10D,11D,12D,13D;;;;;1D,2D,3D,4D,5D,6D,8D,9D;;;;;. The van der Waals surface area contributed by atoms with E-state index in [0.29, 0.717) is 0 Å². The van der Waals surface area contributed by atoms with Gasteiger partial charge in [0.2, 0.25) is 0 Å². The van der Waals surface area contributed by atoms with Gasteiger partial charge >= 0.3 is 0 Å². The van der Waals surface area contributed by atoms with Crippen LogP contribution in [0.15, 0.2) is 462 Å². The molecule has 20 aromatic rings. The first-order chi connectivity index (χ1) is 69.0. The summed E-state index contributed by atoms with van der Waals surface area (Å²) in [5, 5.41) is 0. The second kappa shape index (κ2) is 54.4. The normalized spacial score (nSPS) is 11.9. The topological polar surface area (TPSA) is 103 Å². The van der Waals surface area contributed by atoms with Crippen molar-refractivity contribution in [3.05, 3.63) is 532 Å². The van der Waals surface area contributed by atoms with E-state index < -0.39 is 108 Å². The number of benzene rings is 12. The van der Waals surface area contributed by atoms with E-state index >= 15 is 0 Å². The molecule has 0 spiro atoms. The molecule has 8 heterocycles. The summed E-state index contributed by atoms with van der Waals surface area (Å²) in [6, 6.07) is 120. The number of nitrogens with zero attached hydrogens (tertiary/aromatic N) is 8. The maximum Gasteiger partial charge on any atom is 0.0836 e. The quantitative estimate of drug-likeness (QED) is 0.111. The molecule has 0 amide bonds. The van der Waals surface area contributed by atoms with Gasteiger partial charge in [0.05, 0.1) is 16.4 Å². The predicted molar refractivity (Wildman–Crippen MR) is 509 cm³/mol. The van der Waals surface area contributed by atoms with E-state index in [1.165, 1.54) is 40.3 Å². The summed E-state index contributed by atoms with van der Waals surface area (Å²) in [5.74, 6) is 0. The number of pyridine rings is 8. The average Bonchev–Trinajstić information content (AvgIpc) is 0.744. The molecule has 0 aliphatic heterocycles. The zero-order chi connectivity index (χ0) is 102. The minimum absolute atomic E-state index is 0. The molecule has 4 radical (unpaired) electrons. The third kappa shape index (κ3) is 31.2. The molecule has 20 rings (SSSR count). The van der Waals surface area contributed by atoms with Crippen LogP contribution >= 0.6 is 0 Å². The Morgan fingerprint density at radius 2 is 0.688 bits per heavy atom. The smallest absolute Gasteiger partial charge is 0.0836 e. The molecular weight excluding hydrogens is 2270 g/mol. The van der Waals surface area contributed by atoms with Crippen LogP contribution < -0.4 is 0 Å². The Kier molecular flexibility index (Phi) is 31.3. The fraction of sp³-hybridized carbons (Fsp3) is 0.0345. The second-order valence-electron chi connectivity index (χ2n) is 26.7. The zero-order valence-electron chi connectivity index (χ0n) is 88.3. The van der Waals surface area contributed by atoms with E-state index in [0.717, 1.165) is 84.4 Å². The van der Waals surface area contributed by atoms with Gasteiger partial charge in [0, 0.05) is 139 Å². The Bertz CT molecular complexity index is 7310. The zero-order valence-corrected chi connectivity index (χ0v) is 78.9. The molecule has 0 saturated heterocycles. The third-order valence-electron chi connectivity index (χ3n) is 17.8. The summed E-state index contributed by atoms with van der Waals surface area (Å²) in [4.78, 5) is 34.1. The van der Waals surface area contributed by atoms with Crippen molar-refractivity contribution in [2.75, 3.05) is 0 Å². The van der Waals surface area contributed by atoms with Gasteiger partial charge in [0.25, 0.3) is 0 Å². The van der Waals surface area contributed by atoms with Crippen molar-refractivity contribution < 1.29 is 106 Å². The van der Waals surface area contributed by atoms with Crippen LogP contribution in [0.4, 0.5) is 0 Å². The molecule has 0 aliphatic rings. The maximum atomic E-state index is 8.33. The van der Waals surface area contributed by atoms with Crippen LogP contribution in [0.5, 0.6) is 0 Å². The van der Waals surface area contributed by atoms with E-state index in [2.05, 4.69) is 156 Å². The van der Waals surface area contributed by atoms with E-state index in [1.807, 2.05) is 293 Å². The first kappa shape index (κ1) is 73.6. The van der Waals surface area contributed by atoms with Gasteiger partial charge in [0.1, 0.15) is 0 Å². The predicted octanol–water partition coefficient (Wildman–Crippen LogP) is 28.3. The summed E-state index contributed by atoms with van der Waals surface area (Å²) >= 11 is 0. The van der Waals surface area contributed by atoms with Crippen LogP contribution in [0.1, 0.15) is 48.4 Å². The van der Waals surface area contributed by atoms with Crippen LogP contribution in [0, 0.1) is 76.2 Å². The molecule has 8 aromatic heterocycles. The number of aryl methyl sites for hydroxylation is 3. The molecule has 0 fully saturated rings. The average molecular weight is 2380 g/mol. The summed E-state index contributed by atoms with van der Waals surface area (Å²) in [5.41, 5.74) is 21.0. The molecule has 0 N–H and O–H groups in total. The van der Waals surface area contributed by atoms with Crippen LogP contribution in [-0.2, 0) is 80.4 Å². The van der Waals surface area contributed by atoms with Crippen molar-refractivity contribution in [3.63, 3.8) is 0 Å². The third-order valence-corrected chi connectivity index (χ3v) is 17.8. The van der Waals surface area contributed by atoms with Crippen LogP contribution in [0.25, 0.3) is 135 Å². The Balaban J connectivity index is 0.000000189. The van der Waals surface area contributed by atoms with E-state index in [4.69, 9.17) is 26.0 Å². The molecule has 0 bridgehead atoms. The van der Waals surface area contributed by atoms with Crippen LogP contribution in [0.2, 0.25) is 0 Å². The van der Waals surface area contributed by atoms with Crippen molar-refractivity contribution in [2.45, 2.75) is 27.7 Å². The number of hydrogen-bond acceptors (Lipinski definition) is 8. The Morgan fingerprint density at radius 3 is 1.16 bits per heavy atom. The molecule has 0 unspecified atom stereocenters. The van der Waals surface area contributed by atoms with E-state index in [-0.39, 0.29) is 127 Å². The Labute approximate surface area is 834 Å². The van der Waals surface area contributed by atoms with E-state index in [1.54, 1.807) is 6.20 Å². The summed E-state index contributed by atoms with van der Waals surface area (Å²) in [6.45, 7) is 7.60. The molecule has 0 saturated carbocycles. The molecule has 12 aromatic carbocycles. The summed E-state index contributed by atoms with van der Waals surface area (Å²) in [6.07, 6.45) is 8.28. The van der Waals surface area contributed by atoms with Crippen LogP contribution in [-0.4, -0.2) is 39.9 Å². The molecular formula is C116H88Ir4N8-8. The molecule has 8 nitrogen and oxygen atoms in total. The summed E-state index contributed by atoms with van der Waals surface area (Å²) < 4.78 is 148. The fourth-order valence-corrected chi connectivity index (χ4v) is 11.7. The maximum absolute atomic E-state index is 8.33. The molecule has 636 valence electrons. The van der Waals surface area contributed by atoms with Crippen molar-refractivity contribution >= 4 is 0 Å². The van der Waals surface area contributed by atoms with Gasteiger partial charge < -0.3 is 39.9 Å². The van der Waals surface area contributed by atoms with Crippen LogP contribution in [0.3, 0.4) is 0 Å². The van der Waals surface area contributed by atoms with Gasteiger partial charge in [-0.2, -0.15) is 0 Å². The van der Waals surface area contributed by atoms with Crippen molar-refractivity contribution in [1.82, 2.24) is 39.9 Å². The number of hydrogen-bond donors (Lipinski definition) is 0. The number of rotatable bonds is 12. The summed E-state index contributed by atoms with van der Waals surface area (Å²) in [7, 11) is 0. The first-order valence-electron chi connectivity index (χ1n) is 48.7. The molecule has 0 atom stereocenters. The largest absolute Gasteiger partial charge is 0.305 e. The van der Waals surface area contributed by atoms with Gasteiger partial charge in [-0.05, 0) is 140 Å². The fourth-order valence-electron chi connectivity index (χ4n) is 11.7. The van der Waals surface area contributed by atoms with Gasteiger partial charge in [0.15, 0.2) is 0 Å². The van der Waals surface area contributed by atoms with Gasteiger partial charge in [-0.3, -0.25) is 0 Å². The van der Waals surface area contributed by atoms with Crippen molar-refractivity contribution in [3.8, 4) is 135 Å². The molecule has 128 heavy (non-hydrogen) atoms. The van der Waals surface area contributed by atoms with Crippen molar-refractivity contribution in [1.29, 1.82) is 0 Å². The van der Waals surface area contributed by atoms with Gasteiger partial charge in [-0.15, -0.1) is 286 Å². The number of aromatic nitrogens is 8. The molecule has 12 heteroatoms. The first-order valence-corrected chi connectivity index (χ1v) is 39.2. The minimum atomic E-state index is -0.636. The molecule has 0 aliphatic carbocycles. The van der Waals surface area contributed by atoms with E-state index in [9.17, 15) is 0 Å². The van der Waals surface area contributed by atoms with Gasteiger partial charge in [-0.1, -0.05) is 219 Å². The Morgan fingerprint density at radius 1 is 0.242 bits per heavy atom.